The maximum atomic E-state index is 5.08. The quantitative estimate of drug-likeness (QED) is 0.782. The molecule has 0 amide bonds. The zero-order chi connectivity index (χ0) is 15.2. The average molecular weight is 295 g/mol. The monoisotopic (exact) mass is 295 g/mol. The van der Waals surface area contributed by atoms with Crippen LogP contribution in [-0.4, -0.2) is 40.5 Å². The molecular weight excluding hydrogens is 266 g/mol. The molecule has 1 heterocycles. The lowest BCUT2D eigenvalue weighted by Gasteiger charge is -2.35. The number of aromatic nitrogens is 4. The van der Waals surface area contributed by atoms with Crippen molar-refractivity contribution >= 4 is 0 Å². The Labute approximate surface area is 127 Å². The molecule has 1 saturated carbocycles. The summed E-state index contributed by atoms with van der Waals surface area (Å²) in [7, 11) is 1.71. The van der Waals surface area contributed by atoms with Crippen LogP contribution in [0.25, 0.3) is 0 Å². The standard InChI is InChI=1S/C15H29N5O/c1-11(2)13-7-5-6-8-14(13)20-15(17-18-19-20)12(3)16-9-10-21-4/h11-14,16H,5-10H2,1-4H3. The smallest absolute Gasteiger partial charge is 0.168 e. The number of nitrogens with zero attached hydrogens (tertiary/aromatic N) is 4. The second kappa shape index (κ2) is 7.84. The maximum Gasteiger partial charge on any atom is 0.168 e. The molecule has 1 aromatic rings. The summed E-state index contributed by atoms with van der Waals surface area (Å²) in [6.07, 6.45) is 5.08. The van der Waals surface area contributed by atoms with Crippen molar-refractivity contribution < 1.29 is 4.74 Å². The van der Waals surface area contributed by atoms with Gasteiger partial charge in [0.1, 0.15) is 0 Å². The minimum atomic E-state index is 0.143. The molecule has 0 aliphatic heterocycles. The van der Waals surface area contributed by atoms with E-state index in [0.717, 1.165) is 12.4 Å². The van der Waals surface area contributed by atoms with Crippen LogP contribution >= 0.6 is 0 Å². The summed E-state index contributed by atoms with van der Waals surface area (Å²) in [6, 6.07) is 0.584. The molecule has 21 heavy (non-hydrogen) atoms. The molecule has 3 unspecified atom stereocenters. The van der Waals surface area contributed by atoms with E-state index < -0.39 is 0 Å². The first-order valence-electron chi connectivity index (χ1n) is 8.15. The number of rotatable bonds is 7. The van der Waals surface area contributed by atoms with Crippen LogP contribution in [0.3, 0.4) is 0 Å². The first-order chi connectivity index (χ1) is 10.1. The van der Waals surface area contributed by atoms with E-state index >= 15 is 0 Å². The largest absolute Gasteiger partial charge is 0.383 e. The van der Waals surface area contributed by atoms with Crippen molar-refractivity contribution in [1.29, 1.82) is 0 Å². The van der Waals surface area contributed by atoms with Crippen molar-refractivity contribution in [2.45, 2.75) is 58.5 Å². The van der Waals surface area contributed by atoms with Crippen LogP contribution in [0.5, 0.6) is 0 Å². The second-order valence-corrected chi connectivity index (χ2v) is 6.41. The number of tetrazole rings is 1. The summed E-state index contributed by atoms with van der Waals surface area (Å²) in [5.41, 5.74) is 0. The highest BCUT2D eigenvalue weighted by Gasteiger charge is 2.32. The Morgan fingerprint density at radius 1 is 1.29 bits per heavy atom. The maximum absolute atomic E-state index is 5.08. The van der Waals surface area contributed by atoms with Gasteiger partial charge in [0.05, 0.1) is 18.7 Å². The Morgan fingerprint density at radius 3 is 2.76 bits per heavy atom. The highest BCUT2D eigenvalue weighted by Crippen LogP contribution is 2.38. The molecule has 0 saturated heterocycles. The van der Waals surface area contributed by atoms with Gasteiger partial charge >= 0.3 is 0 Å². The Balaban J connectivity index is 2.10. The number of methoxy groups -OCH3 is 1. The second-order valence-electron chi connectivity index (χ2n) is 6.41. The van der Waals surface area contributed by atoms with E-state index in [1.165, 1.54) is 25.7 Å². The molecule has 6 heteroatoms. The molecule has 0 radical (unpaired) electrons. The van der Waals surface area contributed by atoms with Gasteiger partial charge in [-0.05, 0) is 42.0 Å². The van der Waals surface area contributed by atoms with Gasteiger partial charge < -0.3 is 10.1 Å². The van der Waals surface area contributed by atoms with Crippen LogP contribution in [-0.2, 0) is 4.74 Å². The lowest BCUT2D eigenvalue weighted by atomic mass is 9.78. The van der Waals surface area contributed by atoms with Crippen molar-refractivity contribution in [3.63, 3.8) is 0 Å². The Hall–Kier alpha value is -1.01. The third kappa shape index (κ3) is 4.01. The lowest BCUT2D eigenvalue weighted by Crippen LogP contribution is -2.32. The van der Waals surface area contributed by atoms with E-state index in [2.05, 4.69) is 46.3 Å². The lowest BCUT2D eigenvalue weighted by molar-refractivity contribution is 0.163. The molecule has 6 nitrogen and oxygen atoms in total. The molecule has 120 valence electrons. The van der Waals surface area contributed by atoms with Crippen LogP contribution in [0.1, 0.15) is 64.4 Å². The Bertz CT molecular complexity index is 420. The summed E-state index contributed by atoms with van der Waals surface area (Å²) >= 11 is 0. The SMILES string of the molecule is COCCNC(C)c1nnnn1C1CCCCC1C(C)C. The first-order valence-corrected chi connectivity index (χ1v) is 8.15. The summed E-state index contributed by atoms with van der Waals surface area (Å²) in [4.78, 5) is 0. The number of hydrogen-bond acceptors (Lipinski definition) is 5. The van der Waals surface area contributed by atoms with E-state index in [0.29, 0.717) is 24.5 Å². The van der Waals surface area contributed by atoms with Crippen molar-refractivity contribution in [3.05, 3.63) is 5.82 Å². The summed E-state index contributed by atoms with van der Waals surface area (Å²) in [5, 5.41) is 15.9. The highest BCUT2D eigenvalue weighted by molar-refractivity contribution is 4.94. The normalized spacial score (nSPS) is 24.4. The van der Waals surface area contributed by atoms with Gasteiger partial charge in [-0.3, -0.25) is 0 Å². The van der Waals surface area contributed by atoms with Crippen molar-refractivity contribution in [3.8, 4) is 0 Å². The fourth-order valence-electron chi connectivity index (χ4n) is 3.41. The van der Waals surface area contributed by atoms with Gasteiger partial charge in [-0.25, -0.2) is 4.68 Å². The molecule has 1 aromatic heterocycles. The van der Waals surface area contributed by atoms with Gasteiger partial charge in [-0.1, -0.05) is 26.7 Å². The number of ether oxygens (including phenoxy) is 1. The van der Waals surface area contributed by atoms with Crippen molar-refractivity contribution in [2.75, 3.05) is 20.3 Å². The molecule has 2 rings (SSSR count). The van der Waals surface area contributed by atoms with Gasteiger partial charge in [-0.2, -0.15) is 0 Å². The highest BCUT2D eigenvalue weighted by atomic mass is 16.5. The Kier molecular flexibility index (Phi) is 6.11. The first kappa shape index (κ1) is 16.4. The number of nitrogens with one attached hydrogen (secondary N) is 1. The molecular formula is C15H29N5O. The topological polar surface area (TPSA) is 64.9 Å². The molecule has 0 spiro atoms. The van der Waals surface area contributed by atoms with Gasteiger partial charge in [0.2, 0.25) is 0 Å². The summed E-state index contributed by atoms with van der Waals surface area (Å²) < 4.78 is 7.16. The predicted molar refractivity (Wildman–Crippen MR) is 81.9 cm³/mol. The van der Waals surface area contributed by atoms with Gasteiger partial charge in [0, 0.05) is 13.7 Å². The van der Waals surface area contributed by atoms with Crippen LogP contribution in [0.15, 0.2) is 0 Å². The molecule has 1 aliphatic carbocycles. The fourth-order valence-corrected chi connectivity index (χ4v) is 3.41. The predicted octanol–water partition coefficient (Wildman–Crippen LogP) is 2.36. The fraction of sp³-hybridized carbons (Fsp3) is 0.933. The van der Waals surface area contributed by atoms with Crippen molar-refractivity contribution in [1.82, 2.24) is 25.5 Å². The van der Waals surface area contributed by atoms with E-state index in [9.17, 15) is 0 Å². The van der Waals surface area contributed by atoms with Gasteiger partial charge in [-0.15, -0.1) is 5.10 Å². The zero-order valence-corrected chi connectivity index (χ0v) is 13.7. The molecule has 0 aromatic carbocycles. The molecule has 1 N–H and O–H groups in total. The third-order valence-corrected chi connectivity index (χ3v) is 4.61. The summed E-state index contributed by atoms with van der Waals surface area (Å²) in [6.45, 7) is 8.25. The number of hydrogen-bond donors (Lipinski definition) is 1. The minimum absolute atomic E-state index is 0.143. The third-order valence-electron chi connectivity index (χ3n) is 4.61. The van der Waals surface area contributed by atoms with E-state index in [1.54, 1.807) is 7.11 Å². The van der Waals surface area contributed by atoms with E-state index in [4.69, 9.17) is 4.74 Å². The summed E-state index contributed by atoms with van der Waals surface area (Å²) in [5.74, 6) is 2.29. The molecule has 3 atom stereocenters. The van der Waals surface area contributed by atoms with E-state index in [1.807, 2.05) is 0 Å². The van der Waals surface area contributed by atoms with Crippen LogP contribution in [0, 0.1) is 11.8 Å². The van der Waals surface area contributed by atoms with Crippen molar-refractivity contribution in [2.24, 2.45) is 11.8 Å². The van der Waals surface area contributed by atoms with Gasteiger partial charge in [0.15, 0.2) is 5.82 Å². The van der Waals surface area contributed by atoms with Gasteiger partial charge in [0.25, 0.3) is 0 Å². The molecule has 1 aliphatic rings. The van der Waals surface area contributed by atoms with Crippen LogP contribution in [0.2, 0.25) is 0 Å². The molecule has 1 fully saturated rings. The zero-order valence-electron chi connectivity index (χ0n) is 13.7. The van der Waals surface area contributed by atoms with E-state index in [-0.39, 0.29) is 6.04 Å². The molecule has 0 bridgehead atoms. The van der Waals surface area contributed by atoms with Crippen LogP contribution < -0.4 is 5.32 Å². The minimum Gasteiger partial charge on any atom is -0.383 e. The van der Waals surface area contributed by atoms with Crippen LogP contribution in [0.4, 0.5) is 0 Å². The Morgan fingerprint density at radius 2 is 2.05 bits per heavy atom. The average Bonchev–Trinajstić information content (AvgIpc) is 2.96.